The van der Waals surface area contributed by atoms with Crippen molar-refractivity contribution in [2.75, 3.05) is 4.90 Å². The van der Waals surface area contributed by atoms with Crippen molar-refractivity contribution in [3.63, 3.8) is 0 Å². The van der Waals surface area contributed by atoms with Gasteiger partial charge >= 0.3 is 0 Å². The monoisotopic (exact) mass is 470 g/mol. The van der Waals surface area contributed by atoms with Crippen LogP contribution in [-0.2, 0) is 9.59 Å². The molecule has 4 rings (SSSR count). The van der Waals surface area contributed by atoms with Crippen LogP contribution >= 0.6 is 0 Å². The van der Waals surface area contributed by atoms with Crippen molar-refractivity contribution in [1.29, 1.82) is 5.26 Å². The molecule has 7 heteroatoms. The van der Waals surface area contributed by atoms with Gasteiger partial charge in [-0.25, -0.2) is 4.39 Å². The molecule has 3 aromatic rings. The minimum atomic E-state index is -0.943. The molecule has 0 aliphatic carbocycles. The largest absolute Gasteiger partial charge is 0.507 e. The number of nitriles is 1. The van der Waals surface area contributed by atoms with E-state index < -0.39 is 29.3 Å². The Morgan fingerprint density at radius 1 is 1.06 bits per heavy atom. The van der Waals surface area contributed by atoms with Gasteiger partial charge < -0.3 is 9.84 Å². The summed E-state index contributed by atoms with van der Waals surface area (Å²) in [5.74, 6) is -1.90. The third kappa shape index (κ3) is 4.51. The van der Waals surface area contributed by atoms with E-state index in [0.29, 0.717) is 28.1 Å². The molecule has 0 bridgehead atoms. The van der Waals surface area contributed by atoms with Crippen molar-refractivity contribution >= 4 is 23.1 Å². The zero-order valence-corrected chi connectivity index (χ0v) is 19.4. The second kappa shape index (κ2) is 9.43. The summed E-state index contributed by atoms with van der Waals surface area (Å²) in [7, 11) is 0. The zero-order chi connectivity index (χ0) is 25.3. The van der Waals surface area contributed by atoms with Gasteiger partial charge in [-0.2, -0.15) is 5.26 Å². The first-order valence-corrected chi connectivity index (χ1v) is 11.1. The summed E-state index contributed by atoms with van der Waals surface area (Å²) >= 11 is 0. The van der Waals surface area contributed by atoms with Crippen molar-refractivity contribution in [2.24, 2.45) is 0 Å². The van der Waals surface area contributed by atoms with Gasteiger partial charge in [0.1, 0.15) is 17.3 Å². The predicted octanol–water partition coefficient (Wildman–Crippen LogP) is 5.42. The topological polar surface area (TPSA) is 90.6 Å². The van der Waals surface area contributed by atoms with E-state index in [9.17, 15) is 19.1 Å². The van der Waals surface area contributed by atoms with Crippen molar-refractivity contribution in [3.8, 4) is 11.8 Å². The summed E-state index contributed by atoms with van der Waals surface area (Å²) in [6.45, 7) is 5.35. The summed E-state index contributed by atoms with van der Waals surface area (Å²) < 4.78 is 19.5. The molecule has 1 N–H and O–H groups in total. The van der Waals surface area contributed by atoms with Gasteiger partial charge in [0.2, 0.25) is 0 Å². The average molecular weight is 471 g/mol. The van der Waals surface area contributed by atoms with Gasteiger partial charge in [-0.1, -0.05) is 12.1 Å². The van der Waals surface area contributed by atoms with E-state index >= 15 is 0 Å². The number of aryl methyl sites for hydroxylation is 1. The molecular weight excluding hydrogens is 447 g/mol. The maximum atomic E-state index is 13.8. The van der Waals surface area contributed by atoms with Crippen molar-refractivity contribution in [1.82, 2.24) is 0 Å². The Hall–Kier alpha value is -4.44. The molecule has 3 aromatic carbocycles. The van der Waals surface area contributed by atoms with Crippen LogP contribution in [0.5, 0.6) is 5.75 Å². The number of nitrogens with zero attached hydrogens (tertiary/aromatic N) is 2. The number of hydrogen-bond donors (Lipinski definition) is 1. The number of amides is 1. The second-order valence-electron chi connectivity index (χ2n) is 8.53. The van der Waals surface area contributed by atoms with E-state index in [0.717, 1.165) is 0 Å². The fourth-order valence-electron chi connectivity index (χ4n) is 4.06. The number of ether oxygens (including phenoxy) is 1. The summed E-state index contributed by atoms with van der Waals surface area (Å²) in [5.41, 5.74) is 1.79. The van der Waals surface area contributed by atoms with E-state index in [1.54, 1.807) is 55.5 Å². The molecule has 35 heavy (non-hydrogen) atoms. The van der Waals surface area contributed by atoms with E-state index in [1.807, 2.05) is 19.9 Å². The summed E-state index contributed by atoms with van der Waals surface area (Å²) in [6, 6.07) is 18.3. The molecule has 1 unspecified atom stereocenters. The molecule has 1 heterocycles. The number of halogens is 1. The Kier molecular flexibility index (Phi) is 6.39. The smallest absolute Gasteiger partial charge is 0.300 e. The third-order valence-corrected chi connectivity index (χ3v) is 5.72. The maximum absolute atomic E-state index is 13.8. The number of anilines is 1. The summed E-state index contributed by atoms with van der Waals surface area (Å²) in [5, 5.41) is 20.3. The molecule has 6 nitrogen and oxygen atoms in total. The number of aliphatic hydroxyl groups excluding tert-OH is 1. The van der Waals surface area contributed by atoms with Crippen molar-refractivity contribution in [3.05, 3.63) is 100 Å². The van der Waals surface area contributed by atoms with Crippen LogP contribution in [0.2, 0.25) is 0 Å². The molecular formula is C28H23FN2O4. The van der Waals surface area contributed by atoms with Gasteiger partial charge in [0.15, 0.2) is 0 Å². The predicted molar refractivity (Wildman–Crippen MR) is 129 cm³/mol. The summed E-state index contributed by atoms with van der Waals surface area (Å²) in [6.07, 6.45) is -0.0353. The summed E-state index contributed by atoms with van der Waals surface area (Å²) in [4.78, 5) is 27.7. The average Bonchev–Trinajstić information content (AvgIpc) is 3.11. The lowest BCUT2D eigenvalue weighted by atomic mass is 9.94. The van der Waals surface area contributed by atoms with Crippen LogP contribution < -0.4 is 9.64 Å². The normalized spacial score (nSPS) is 17.0. The molecule has 0 radical (unpaired) electrons. The van der Waals surface area contributed by atoms with Gasteiger partial charge in [-0.05, 0) is 86.5 Å². The highest BCUT2D eigenvalue weighted by atomic mass is 19.1. The van der Waals surface area contributed by atoms with Gasteiger partial charge in [0.05, 0.1) is 29.4 Å². The first-order valence-electron chi connectivity index (χ1n) is 11.1. The number of Topliss-reactive ketones (excluding diaryl/α,β-unsaturated/α-hetero) is 1. The van der Waals surface area contributed by atoms with Gasteiger partial charge in [-0.15, -0.1) is 0 Å². The highest BCUT2D eigenvalue weighted by Crippen LogP contribution is 2.42. The lowest BCUT2D eigenvalue weighted by Gasteiger charge is -2.25. The minimum Gasteiger partial charge on any atom is -0.507 e. The number of aliphatic hydroxyl groups is 1. The Bertz CT molecular complexity index is 1370. The van der Waals surface area contributed by atoms with E-state index in [4.69, 9.17) is 10.00 Å². The zero-order valence-electron chi connectivity index (χ0n) is 19.4. The van der Waals surface area contributed by atoms with Crippen LogP contribution in [0.4, 0.5) is 10.1 Å². The van der Waals surface area contributed by atoms with Crippen LogP contribution in [-0.4, -0.2) is 22.9 Å². The Morgan fingerprint density at radius 2 is 1.71 bits per heavy atom. The number of rotatable bonds is 5. The van der Waals surface area contributed by atoms with Crippen LogP contribution in [0.1, 0.15) is 42.1 Å². The van der Waals surface area contributed by atoms with Crippen molar-refractivity contribution in [2.45, 2.75) is 32.9 Å². The highest BCUT2D eigenvalue weighted by molar-refractivity contribution is 6.51. The molecule has 0 aromatic heterocycles. The Balaban J connectivity index is 1.89. The minimum absolute atomic E-state index is 0.0353. The number of ketones is 1. The number of carbonyl (C=O) groups excluding carboxylic acids is 2. The molecule has 0 saturated carbocycles. The fraction of sp³-hybridized carbons (Fsp3) is 0.179. The molecule has 1 aliphatic rings. The fourth-order valence-corrected chi connectivity index (χ4v) is 4.06. The van der Waals surface area contributed by atoms with Crippen LogP contribution in [0.15, 0.2) is 72.3 Å². The van der Waals surface area contributed by atoms with Crippen LogP contribution in [0.3, 0.4) is 0 Å². The first kappa shape index (κ1) is 23.7. The number of hydrogen-bond acceptors (Lipinski definition) is 5. The number of benzene rings is 3. The SMILES string of the molecule is Cc1cc(/C(O)=C2/C(=O)C(=O)N(c3ccc(C#N)cc3)C2c2ccc(OC(C)C)cc2)ccc1F. The van der Waals surface area contributed by atoms with E-state index in [-0.39, 0.29) is 17.2 Å². The van der Waals surface area contributed by atoms with Gasteiger partial charge in [0, 0.05) is 11.3 Å². The highest BCUT2D eigenvalue weighted by Gasteiger charge is 2.47. The van der Waals surface area contributed by atoms with Gasteiger partial charge in [-0.3, -0.25) is 14.5 Å². The standard InChI is InChI=1S/C28H23FN2O4/c1-16(2)35-22-11-6-19(7-12-22)25-24(26(32)20-8-13-23(29)17(3)14-20)27(33)28(34)31(25)21-9-4-18(15-30)5-10-21/h4-14,16,25,32H,1-3H3/b26-24-. The lowest BCUT2D eigenvalue weighted by Crippen LogP contribution is -2.29. The first-order chi connectivity index (χ1) is 16.7. The number of carbonyl (C=O) groups is 2. The second-order valence-corrected chi connectivity index (χ2v) is 8.53. The van der Waals surface area contributed by atoms with Crippen LogP contribution in [0, 0.1) is 24.1 Å². The lowest BCUT2D eigenvalue weighted by molar-refractivity contribution is -0.132. The van der Waals surface area contributed by atoms with Crippen LogP contribution in [0.25, 0.3) is 5.76 Å². The molecule has 1 fully saturated rings. The Labute approximate surface area is 202 Å². The Morgan fingerprint density at radius 3 is 2.29 bits per heavy atom. The molecule has 1 amide bonds. The maximum Gasteiger partial charge on any atom is 0.300 e. The van der Waals surface area contributed by atoms with E-state index in [2.05, 4.69) is 0 Å². The molecule has 1 saturated heterocycles. The molecule has 1 aliphatic heterocycles. The quantitative estimate of drug-likeness (QED) is 0.306. The van der Waals surface area contributed by atoms with Gasteiger partial charge in [0.25, 0.3) is 11.7 Å². The van der Waals surface area contributed by atoms with E-state index in [1.165, 1.54) is 23.1 Å². The molecule has 1 atom stereocenters. The third-order valence-electron chi connectivity index (χ3n) is 5.72. The molecule has 176 valence electrons. The molecule has 0 spiro atoms. The van der Waals surface area contributed by atoms with Crippen molar-refractivity contribution < 1.29 is 23.8 Å².